The van der Waals surface area contributed by atoms with Gasteiger partial charge in [0.2, 0.25) is 5.78 Å². The molecule has 1 N–H and O–H groups in total. The number of Topliss-reactive ketones (excluding diaryl/α,β-unsaturated/α-hetero) is 1. The first-order valence-electron chi connectivity index (χ1n) is 6.74. The highest BCUT2D eigenvalue weighted by Crippen LogP contribution is 2.32. The van der Waals surface area contributed by atoms with Crippen molar-refractivity contribution in [2.75, 3.05) is 6.61 Å². The third kappa shape index (κ3) is 2.89. The molecule has 0 fully saturated rings. The molecule has 1 aromatic heterocycles. The van der Waals surface area contributed by atoms with E-state index in [0.717, 1.165) is 20.9 Å². The number of fused-ring (bicyclic) bond motifs is 1. The molecule has 112 valence electrons. The number of ether oxygens (including phenoxy) is 1. The van der Waals surface area contributed by atoms with Gasteiger partial charge < -0.3 is 9.72 Å². The van der Waals surface area contributed by atoms with E-state index in [4.69, 9.17) is 16.3 Å². The minimum Gasteiger partial charge on any atom is -0.484 e. The molecule has 0 aliphatic heterocycles. The molecule has 3 rings (SSSR count). The van der Waals surface area contributed by atoms with Crippen molar-refractivity contribution in [2.24, 2.45) is 0 Å². The summed E-state index contributed by atoms with van der Waals surface area (Å²) in [6.45, 7) is 1.84. The van der Waals surface area contributed by atoms with E-state index < -0.39 is 0 Å². The summed E-state index contributed by atoms with van der Waals surface area (Å²) in [4.78, 5) is 15.5. The number of rotatable bonds is 4. The van der Waals surface area contributed by atoms with E-state index in [2.05, 4.69) is 20.9 Å². The number of halogens is 2. The monoisotopic (exact) mass is 377 g/mol. The Hall–Kier alpha value is -1.78. The summed E-state index contributed by atoms with van der Waals surface area (Å²) in [7, 11) is 0. The Labute approximate surface area is 141 Å². The van der Waals surface area contributed by atoms with Crippen LogP contribution in [0.3, 0.4) is 0 Å². The number of carbonyl (C=O) groups excluding carboxylic acids is 1. The number of aryl methyl sites for hydroxylation is 1. The summed E-state index contributed by atoms with van der Waals surface area (Å²) in [6, 6.07) is 11.3. The van der Waals surface area contributed by atoms with Gasteiger partial charge in [-0.2, -0.15) is 0 Å². The van der Waals surface area contributed by atoms with E-state index in [1.807, 2.05) is 37.3 Å². The Kier molecular flexibility index (Phi) is 4.23. The molecule has 3 aromatic rings. The van der Waals surface area contributed by atoms with Gasteiger partial charge in [0.05, 0.1) is 5.02 Å². The van der Waals surface area contributed by atoms with Crippen LogP contribution in [-0.2, 0) is 0 Å². The zero-order valence-electron chi connectivity index (χ0n) is 11.8. The van der Waals surface area contributed by atoms with Crippen molar-refractivity contribution in [3.63, 3.8) is 0 Å². The fourth-order valence-electron chi connectivity index (χ4n) is 2.39. The van der Waals surface area contributed by atoms with Crippen LogP contribution in [0.5, 0.6) is 5.75 Å². The second kappa shape index (κ2) is 6.15. The molecule has 5 heteroatoms. The number of carbonyl (C=O) groups is 1. The van der Waals surface area contributed by atoms with E-state index in [1.165, 1.54) is 0 Å². The van der Waals surface area contributed by atoms with Crippen LogP contribution in [0.2, 0.25) is 5.02 Å². The summed E-state index contributed by atoms with van der Waals surface area (Å²) < 4.78 is 6.52. The van der Waals surface area contributed by atoms with Gasteiger partial charge in [-0.25, -0.2) is 0 Å². The van der Waals surface area contributed by atoms with Crippen molar-refractivity contribution >= 4 is 44.2 Å². The third-order valence-electron chi connectivity index (χ3n) is 3.43. The second-order valence-corrected chi connectivity index (χ2v) is 6.32. The highest BCUT2D eigenvalue weighted by molar-refractivity contribution is 9.10. The minimum absolute atomic E-state index is 0.0515. The summed E-state index contributed by atoms with van der Waals surface area (Å²) in [5.41, 5.74) is 2.44. The number of ketones is 1. The highest BCUT2D eigenvalue weighted by atomic mass is 79.9. The normalized spacial score (nSPS) is 10.9. The molecular formula is C17H13BrClNO2. The number of aromatic amines is 1. The van der Waals surface area contributed by atoms with Gasteiger partial charge in [0.15, 0.2) is 6.61 Å². The van der Waals surface area contributed by atoms with E-state index in [1.54, 1.807) is 12.3 Å². The Balaban J connectivity index is 1.81. The van der Waals surface area contributed by atoms with Gasteiger partial charge >= 0.3 is 0 Å². The summed E-state index contributed by atoms with van der Waals surface area (Å²) in [5.74, 6) is 0.453. The van der Waals surface area contributed by atoms with Gasteiger partial charge in [-0.3, -0.25) is 4.79 Å². The lowest BCUT2D eigenvalue weighted by Crippen LogP contribution is -2.12. The average molecular weight is 379 g/mol. The number of para-hydroxylation sites is 1. The number of benzene rings is 2. The van der Waals surface area contributed by atoms with Crippen molar-refractivity contribution in [3.05, 3.63) is 63.2 Å². The molecule has 0 saturated heterocycles. The maximum absolute atomic E-state index is 12.4. The van der Waals surface area contributed by atoms with E-state index >= 15 is 0 Å². The zero-order valence-corrected chi connectivity index (χ0v) is 14.2. The molecule has 1 heterocycles. The first-order chi connectivity index (χ1) is 10.6. The van der Waals surface area contributed by atoms with Crippen molar-refractivity contribution in [3.8, 4) is 5.75 Å². The highest BCUT2D eigenvalue weighted by Gasteiger charge is 2.14. The summed E-state index contributed by atoms with van der Waals surface area (Å²) in [6.07, 6.45) is 1.71. The summed E-state index contributed by atoms with van der Waals surface area (Å²) in [5, 5.41) is 1.38. The average Bonchev–Trinajstić information content (AvgIpc) is 2.90. The largest absolute Gasteiger partial charge is 0.484 e. The van der Waals surface area contributed by atoms with Crippen LogP contribution in [0.25, 0.3) is 10.9 Å². The van der Waals surface area contributed by atoms with E-state index in [9.17, 15) is 4.79 Å². The molecule has 0 atom stereocenters. The molecule has 0 amide bonds. The maximum Gasteiger partial charge on any atom is 0.202 e. The lowest BCUT2D eigenvalue weighted by Gasteiger charge is -2.10. The topological polar surface area (TPSA) is 42.1 Å². The molecule has 0 aliphatic rings. The second-order valence-electron chi connectivity index (χ2n) is 4.99. The van der Waals surface area contributed by atoms with Crippen LogP contribution < -0.4 is 4.74 Å². The van der Waals surface area contributed by atoms with Crippen LogP contribution in [-0.4, -0.2) is 17.4 Å². The molecule has 22 heavy (non-hydrogen) atoms. The Morgan fingerprint density at radius 2 is 2.09 bits per heavy atom. The number of aromatic nitrogens is 1. The predicted octanol–water partition coefficient (Wildman–Crippen LogP) is 5.15. The van der Waals surface area contributed by atoms with Crippen LogP contribution in [0.4, 0.5) is 0 Å². The SMILES string of the molecule is Cc1cc(Br)cc(Cl)c1OCC(=O)c1c[nH]c2ccccc12. The Morgan fingerprint density at radius 3 is 2.86 bits per heavy atom. The molecule has 0 aliphatic carbocycles. The fraction of sp³-hybridized carbons (Fsp3) is 0.118. The van der Waals surface area contributed by atoms with Gasteiger partial charge in [-0.1, -0.05) is 45.7 Å². The quantitative estimate of drug-likeness (QED) is 0.638. The van der Waals surface area contributed by atoms with Crippen molar-refractivity contribution in [2.45, 2.75) is 6.92 Å². The van der Waals surface area contributed by atoms with Gasteiger partial charge in [-0.15, -0.1) is 0 Å². The predicted molar refractivity (Wildman–Crippen MR) is 92.0 cm³/mol. The third-order valence-corrected chi connectivity index (χ3v) is 4.17. The van der Waals surface area contributed by atoms with E-state index in [0.29, 0.717) is 16.3 Å². The maximum atomic E-state index is 12.4. The smallest absolute Gasteiger partial charge is 0.202 e. The van der Waals surface area contributed by atoms with E-state index in [-0.39, 0.29) is 12.4 Å². The Morgan fingerprint density at radius 1 is 1.32 bits per heavy atom. The van der Waals surface area contributed by atoms with Crippen LogP contribution in [0.15, 0.2) is 47.1 Å². The molecular weight excluding hydrogens is 366 g/mol. The van der Waals surface area contributed by atoms with Gasteiger partial charge in [0.25, 0.3) is 0 Å². The fourth-order valence-corrected chi connectivity index (χ4v) is 3.41. The number of H-pyrrole nitrogens is 1. The first-order valence-corrected chi connectivity index (χ1v) is 7.91. The number of hydrogen-bond donors (Lipinski definition) is 1. The van der Waals surface area contributed by atoms with Crippen LogP contribution in [0.1, 0.15) is 15.9 Å². The lowest BCUT2D eigenvalue weighted by atomic mass is 10.1. The molecule has 0 unspecified atom stereocenters. The number of nitrogens with one attached hydrogen (secondary N) is 1. The lowest BCUT2D eigenvalue weighted by molar-refractivity contribution is 0.0923. The molecule has 0 saturated carbocycles. The zero-order chi connectivity index (χ0) is 15.7. The van der Waals surface area contributed by atoms with Gasteiger partial charge in [0.1, 0.15) is 5.75 Å². The standard InChI is InChI=1S/C17H13BrClNO2/c1-10-6-11(18)7-14(19)17(10)22-9-16(21)13-8-20-15-5-3-2-4-12(13)15/h2-8,20H,9H2,1H3. The molecule has 0 spiro atoms. The van der Waals surface area contributed by atoms with Crippen LogP contribution in [0, 0.1) is 6.92 Å². The van der Waals surface area contributed by atoms with Crippen molar-refractivity contribution < 1.29 is 9.53 Å². The summed E-state index contributed by atoms with van der Waals surface area (Å²) >= 11 is 9.54. The molecule has 0 bridgehead atoms. The van der Waals surface area contributed by atoms with Gasteiger partial charge in [-0.05, 0) is 30.7 Å². The first kappa shape index (κ1) is 15.1. The molecule has 3 nitrogen and oxygen atoms in total. The van der Waals surface area contributed by atoms with Crippen LogP contribution >= 0.6 is 27.5 Å². The van der Waals surface area contributed by atoms with Crippen molar-refractivity contribution in [1.82, 2.24) is 4.98 Å². The molecule has 2 aromatic carbocycles. The molecule has 0 radical (unpaired) electrons. The van der Waals surface area contributed by atoms with Crippen molar-refractivity contribution in [1.29, 1.82) is 0 Å². The minimum atomic E-state index is -0.0872. The number of hydrogen-bond acceptors (Lipinski definition) is 2. The van der Waals surface area contributed by atoms with Gasteiger partial charge in [0, 0.05) is 27.1 Å². The Bertz CT molecular complexity index is 834.